The van der Waals surface area contributed by atoms with E-state index in [1.165, 1.54) is 18.9 Å². The van der Waals surface area contributed by atoms with Gasteiger partial charge in [0.25, 0.3) is 0 Å². The van der Waals surface area contributed by atoms with Crippen LogP contribution < -0.4 is 4.74 Å². The normalized spacial score (nSPS) is 20.8. The Kier molecular flexibility index (Phi) is 4.99. The number of hydrogen-bond donors (Lipinski definition) is 0. The molecule has 2 aromatic carbocycles. The van der Waals surface area contributed by atoms with E-state index in [-0.39, 0.29) is 5.82 Å². The third-order valence-electron chi connectivity index (χ3n) is 3.62. The zero-order chi connectivity index (χ0) is 14.5. The average Bonchev–Trinajstić information content (AvgIpc) is 2.44. The minimum absolute atomic E-state index is 0.213. The molecule has 0 unspecified atom stereocenters. The second-order valence-corrected chi connectivity index (χ2v) is 5.54. The number of halogens is 1. The van der Waals surface area contributed by atoms with E-state index in [0.717, 1.165) is 22.9 Å². The lowest BCUT2D eigenvalue weighted by molar-refractivity contribution is 0.0591. The summed E-state index contributed by atoms with van der Waals surface area (Å²) in [6.07, 6.45) is 3.88. The van der Waals surface area contributed by atoms with Gasteiger partial charge in [0.2, 0.25) is 0 Å². The van der Waals surface area contributed by atoms with Crippen molar-refractivity contribution in [2.45, 2.75) is 46.1 Å². The van der Waals surface area contributed by atoms with Gasteiger partial charge in [-0.05, 0) is 42.3 Å². The molecule has 0 bridgehead atoms. The van der Waals surface area contributed by atoms with Crippen LogP contribution in [0.15, 0.2) is 36.4 Å². The summed E-state index contributed by atoms with van der Waals surface area (Å²) in [7, 11) is 0. The topological polar surface area (TPSA) is 9.23 Å². The van der Waals surface area contributed by atoms with Gasteiger partial charge in [0, 0.05) is 5.39 Å². The predicted molar refractivity (Wildman–Crippen MR) is 82.7 cm³/mol. The lowest BCUT2D eigenvalue weighted by Gasteiger charge is -2.34. The van der Waals surface area contributed by atoms with E-state index in [2.05, 4.69) is 20.8 Å². The van der Waals surface area contributed by atoms with Crippen LogP contribution in [0.4, 0.5) is 4.39 Å². The van der Waals surface area contributed by atoms with Crippen molar-refractivity contribution in [3.63, 3.8) is 0 Å². The predicted octanol–water partition coefficient (Wildman–Crippen LogP) is 5.57. The standard InChI is InChI=1S/C15H15FO.C3H8/c1-10-5-8-14(10)17-15-4-2-3-11-6-7-12(16)9-13(11)15;1-3-2/h2-4,6-7,9-10,14H,5,8H2,1H3;3H2,1-2H3/t10-,14-;/m1./s1. The van der Waals surface area contributed by atoms with E-state index in [9.17, 15) is 4.39 Å². The van der Waals surface area contributed by atoms with Crippen LogP contribution in [0, 0.1) is 11.7 Å². The molecule has 0 aliphatic heterocycles. The van der Waals surface area contributed by atoms with Gasteiger partial charge in [-0.3, -0.25) is 0 Å². The Morgan fingerprint density at radius 2 is 1.90 bits per heavy atom. The molecule has 0 aromatic heterocycles. The fourth-order valence-electron chi connectivity index (χ4n) is 2.29. The van der Waals surface area contributed by atoms with Crippen molar-refractivity contribution in [1.29, 1.82) is 0 Å². The van der Waals surface area contributed by atoms with Gasteiger partial charge in [-0.25, -0.2) is 4.39 Å². The highest BCUT2D eigenvalue weighted by atomic mass is 19.1. The van der Waals surface area contributed by atoms with Gasteiger partial charge >= 0.3 is 0 Å². The van der Waals surface area contributed by atoms with Crippen molar-refractivity contribution in [3.05, 3.63) is 42.2 Å². The molecule has 108 valence electrons. The van der Waals surface area contributed by atoms with Crippen molar-refractivity contribution in [1.82, 2.24) is 0 Å². The van der Waals surface area contributed by atoms with Crippen molar-refractivity contribution in [2.75, 3.05) is 0 Å². The molecule has 0 saturated heterocycles. The lowest BCUT2D eigenvalue weighted by Crippen LogP contribution is -2.34. The van der Waals surface area contributed by atoms with Crippen LogP contribution in [0.25, 0.3) is 10.8 Å². The Morgan fingerprint density at radius 3 is 2.50 bits per heavy atom. The largest absolute Gasteiger partial charge is 0.490 e. The summed E-state index contributed by atoms with van der Waals surface area (Å²) in [5.74, 6) is 1.20. The highest BCUT2D eigenvalue weighted by molar-refractivity contribution is 5.88. The fourth-order valence-corrected chi connectivity index (χ4v) is 2.29. The molecule has 1 fully saturated rings. The van der Waals surface area contributed by atoms with Gasteiger partial charge in [-0.2, -0.15) is 0 Å². The van der Waals surface area contributed by atoms with E-state index in [1.807, 2.05) is 18.2 Å². The first kappa shape index (κ1) is 14.8. The quantitative estimate of drug-likeness (QED) is 0.695. The minimum atomic E-state index is -0.213. The average molecular weight is 274 g/mol. The highest BCUT2D eigenvalue weighted by Gasteiger charge is 2.28. The molecule has 1 aliphatic carbocycles. The molecule has 0 heterocycles. The van der Waals surface area contributed by atoms with E-state index < -0.39 is 0 Å². The molecular weight excluding hydrogens is 251 g/mol. The van der Waals surface area contributed by atoms with E-state index in [0.29, 0.717) is 12.0 Å². The first-order valence-corrected chi connectivity index (χ1v) is 7.50. The Balaban J connectivity index is 0.000000452. The first-order chi connectivity index (χ1) is 9.65. The van der Waals surface area contributed by atoms with E-state index in [1.54, 1.807) is 12.1 Å². The van der Waals surface area contributed by atoms with Crippen LogP contribution in [-0.2, 0) is 0 Å². The summed E-state index contributed by atoms with van der Waals surface area (Å²) in [5.41, 5.74) is 0. The monoisotopic (exact) mass is 274 g/mol. The first-order valence-electron chi connectivity index (χ1n) is 7.50. The zero-order valence-corrected chi connectivity index (χ0v) is 12.5. The summed E-state index contributed by atoms with van der Waals surface area (Å²) in [4.78, 5) is 0. The molecule has 2 aromatic rings. The van der Waals surface area contributed by atoms with Gasteiger partial charge in [-0.15, -0.1) is 0 Å². The summed E-state index contributed by atoms with van der Waals surface area (Å²) in [5, 5.41) is 1.89. The number of rotatable bonds is 2. The van der Waals surface area contributed by atoms with Gasteiger partial charge < -0.3 is 4.74 Å². The molecule has 20 heavy (non-hydrogen) atoms. The minimum Gasteiger partial charge on any atom is -0.490 e. The van der Waals surface area contributed by atoms with Crippen molar-refractivity contribution in [3.8, 4) is 5.75 Å². The van der Waals surface area contributed by atoms with Crippen LogP contribution in [0.3, 0.4) is 0 Å². The maximum atomic E-state index is 13.3. The van der Waals surface area contributed by atoms with E-state index >= 15 is 0 Å². The smallest absolute Gasteiger partial charge is 0.127 e. The summed E-state index contributed by atoms with van der Waals surface area (Å²) < 4.78 is 19.2. The molecule has 0 radical (unpaired) electrons. The third kappa shape index (κ3) is 3.30. The zero-order valence-electron chi connectivity index (χ0n) is 12.5. The molecular formula is C18H23FO. The molecule has 0 amide bonds. The number of ether oxygens (including phenoxy) is 1. The summed E-state index contributed by atoms with van der Waals surface area (Å²) in [6.45, 7) is 6.44. The molecule has 3 rings (SSSR count). The summed E-state index contributed by atoms with van der Waals surface area (Å²) >= 11 is 0. The molecule has 2 heteroatoms. The van der Waals surface area contributed by atoms with Crippen LogP contribution in [0.2, 0.25) is 0 Å². The maximum Gasteiger partial charge on any atom is 0.127 e. The Bertz CT molecular complexity index is 564. The molecule has 1 aliphatic rings. The number of benzene rings is 2. The SMILES string of the molecule is CCC.C[C@@H]1CC[C@H]1Oc1cccc2ccc(F)cc12. The van der Waals surface area contributed by atoms with E-state index in [4.69, 9.17) is 4.74 Å². The molecule has 0 spiro atoms. The molecule has 0 N–H and O–H groups in total. The van der Waals surface area contributed by atoms with Crippen LogP contribution >= 0.6 is 0 Å². The molecule has 1 nitrogen and oxygen atoms in total. The molecule has 1 saturated carbocycles. The van der Waals surface area contributed by atoms with Crippen LogP contribution in [0.5, 0.6) is 5.75 Å². The van der Waals surface area contributed by atoms with Crippen LogP contribution in [-0.4, -0.2) is 6.10 Å². The van der Waals surface area contributed by atoms with Crippen molar-refractivity contribution >= 4 is 10.8 Å². The second kappa shape index (κ2) is 6.74. The second-order valence-electron chi connectivity index (χ2n) is 5.54. The Hall–Kier alpha value is -1.57. The number of fused-ring (bicyclic) bond motifs is 1. The summed E-state index contributed by atoms with van der Waals surface area (Å²) in [6, 6.07) is 10.7. The van der Waals surface area contributed by atoms with Crippen LogP contribution in [0.1, 0.15) is 40.0 Å². The van der Waals surface area contributed by atoms with Gasteiger partial charge in [0.05, 0.1) is 0 Å². The molecule has 2 atom stereocenters. The highest BCUT2D eigenvalue weighted by Crippen LogP contribution is 2.34. The Labute approximate surface area is 120 Å². The third-order valence-corrected chi connectivity index (χ3v) is 3.62. The van der Waals surface area contributed by atoms with Gasteiger partial charge in [0.15, 0.2) is 0 Å². The maximum absolute atomic E-state index is 13.3. The lowest BCUT2D eigenvalue weighted by atomic mass is 9.83. The fraction of sp³-hybridized carbons (Fsp3) is 0.444. The van der Waals surface area contributed by atoms with Gasteiger partial charge in [0.1, 0.15) is 17.7 Å². The van der Waals surface area contributed by atoms with Gasteiger partial charge in [-0.1, -0.05) is 45.4 Å². The van der Waals surface area contributed by atoms with Crippen molar-refractivity contribution in [2.24, 2.45) is 5.92 Å². The van der Waals surface area contributed by atoms with Crippen molar-refractivity contribution < 1.29 is 9.13 Å². The Morgan fingerprint density at radius 1 is 1.15 bits per heavy atom. The number of hydrogen-bond acceptors (Lipinski definition) is 1.